The van der Waals surface area contributed by atoms with Crippen molar-refractivity contribution in [2.24, 2.45) is 5.73 Å². The van der Waals surface area contributed by atoms with Gasteiger partial charge in [0, 0.05) is 103 Å². The second-order valence-corrected chi connectivity index (χ2v) is 21.1. The molecule has 0 radical (unpaired) electrons. The summed E-state index contributed by atoms with van der Waals surface area (Å²) in [5, 5.41) is 25.0. The average molecular weight is 1010 g/mol. The van der Waals surface area contributed by atoms with Gasteiger partial charge in [0.1, 0.15) is 0 Å². The number of sulfonamides is 2. The number of piperazine rings is 2. The summed E-state index contributed by atoms with van der Waals surface area (Å²) in [4.78, 5) is 20.7. The number of aromatic nitrogens is 2. The molecule has 2 aliphatic rings. The van der Waals surface area contributed by atoms with Crippen LogP contribution in [0.4, 0.5) is 20.2 Å². The van der Waals surface area contributed by atoms with Crippen LogP contribution in [0.3, 0.4) is 0 Å². The van der Waals surface area contributed by atoms with Crippen molar-refractivity contribution < 1.29 is 45.0 Å². The number of benzene rings is 4. The highest BCUT2D eigenvalue weighted by Gasteiger charge is 2.27. The van der Waals surface area contributed by atoms with Crippen LogP contribution in [0.15, 0.2) is 114 Å². The number of hydrogen-bond donors (Lipinski definition) is 3. The van der Waals surface area contributed by atoms with Crippen LogP contribution < -0.4 is 14.3 Å². The quantitative estimate of drug-likeness (QED) is 0.0741. The fourth-order valence-electron chi connectivity index (χ4n) is 8.10. The number of carbonyl (C=O) groups excluding carboxylic acids is 1. The molecular weight excluding hydrogens is 945 g/mol. The zero-order chi connectivity index (χ0) is 49.9. The number of para-hydroxylation sites is 2. The Morgan fingerprint density at radius 2 is 1.00 bits per heavy atom. The van der Waals surface area contributed by atoms with Gasteiger partial charge in [-0.2, -0.15) is 8.78 Å². The van der Waals surface area contributed by atoms with Gasteiger partial charge in [0.25, 0.3) is 5.89 Å². The molecule has 4 N–H and O–H groups in total. The molecule has 2 aliphatic heterocycles. The second kappa shape index (κ2) is 26.8. The summed E-state index contributed by atoms with van der Waals surface area (Å²) in [6, 6.07) is 31.7. The average Bonchev–Trinajstić information content (AvgIpc) is 3.90. The summed E-state index contributed by atoms with van der Waals surface area (Å²) in [6.07, 6.45) is -1.34. The van der Waals surface area contributed by atoms with E-state index >= 15 is 0 Å². The molecular formula is C49H65F2N9O8S2. The summed E-state index contributed by atoms with van der Waals surface area (Å²) < 4.78 is 87.1. The lowest BCUT2D eigenvalue weighted by Crippen LogP contribution is -2.48. The van der Waals surface area contributed by atoms with Crippen LogP contribution in [0, 0.1) is 0 Å². The zero-order valence-electron chi connectivity index (χ0n) is 39.4. The van der Waals surface area contributed by atoms with Crippen molar-refractivity contribution in [3.63, 3.8) is 0 Å². The number of Topliss-reactive ketones (excluding diaryl/α,β-unsaturated/α-hetero) is 1. The Kier molecular flexibility index (Phi) is 20.7. The van der Waals surface area contributed by atoms with Crippen LogP contribution in [-0.2, 0) is 33.1 Å². The Morgan fingerprint density at radius 1 is 0.600 bits per heavy atom. The molecule has 17 nitrogen and oxygen atoms in total. The lowest BCUT2D eigenvalue weighted by molar-refractivity contribution is 0.100. The number of hydrogen-bond acceptors (Lipinski definition) is 15. The number of aliphatic hydroxyl groups excluding tert-OH is 2. The van der Waals surface area contributed by atoms with Crippen molar-refractivity contribution in [1.29, 1.82) is 0 Å². The van der Waals surface area contributed by atoms with Crippen molar-refractivity contribution in [2.75, 3.05) is 118 Å². The topological polar surface area (TPSA) is 210 Å². The van der Waals surface area contributed by atoms with Crippen LogP contribution in [-0.4, -0.2) is 172 Å². The lowest BCUT2D eigenvalue weighted by atomic mass is 10.1. The monoisotopic (exact) mass is 1010 g/mol. The molecule has 4 aromatic carbocycles. The molecule has 3 heterocycles. The van der Waals surface area contributed by atoms with E-state index in [4.69, 9.17) is 20.4 Å². The molecule has 21 heteroatoms. The van der Waals surface area contributed by atoms with Crippen LogP contribution >= 0.6 is 0 Å². The molecule has 0 aliphatic carbocycles. The van der Waals surface area contributed by atoms with Gasteiger partial charge in [-0.15, -0.1) is 10.2 Å². The number of nitrogens with zero attached hydrogens (tertiary/aromatic N) is 8. The van der Waals surface area contributed by atoms with Crippen molar-refractivity contribution in [3.05, 3.63) is 132 Å². The lowest BCUT2D eigenvalue weighted by Gasteiger charge is -2.35. The first kappa shape index (κ1) is 54.1. The summed E-state index contributed by atoms with van der Waals surface area (Å²) >= 11 is 0. The van der Waals surface area contributed by atoms with E-state index in [9.17, 15) is 30.4 Å². The van der Waals surface area contributed by atoms with E-state index in [-0.39, 0.29) is 56.0 Å². The van der Waals surface area contributed by atoms with Gasteiger partial charge in [0.15, 0.2) is 5.78 Å². The van der Waals surface area contributed by atoms with Gasteiger partial charge in [-0.25, -0.2) is 16.8 Å². The molecule has 2 saturated heterocycles. The highest BCUT2D eigenvalue weighted by molar-refractivity contribution is 7.93. The maximum absolute atomic E-state index is 13.5. The summed E-state index contributed by atoms with van der Waals surface area (Å²) in [7, 11) is -7.22. The van der Waals surface area contributed by atoms with E-state index in [1.54, 1.807) is 84.9 Å². The predicted molar refractivity (Wildman–Crippen MR) is 267 cm³/mol. The first-order chi connectivity index (χ1) is 33.8. The molecule has 0 bridgehead atoms. The Labute approximate surface area is 410 Å². The molecule has 0 amide bonds. The molecule has 2 fully saturated rings. The molecule has 0 unspecified atom stereocenters. The zero-order valence-corrected chi connectivity index (χ0v) is 41.0. The van der Waals surface area contributed by atoms with Gasteiger partial charge in [-0.1, -0.05) is 72.8 Å². The Hall–Kier alpha value is -5.23. The van der Waals surface area contributed by atoms with Crippen LogP contribution in [0.2, 0.25) is 0 Å². The fourth-order valence-corrected chi connectivity index (χ4v) is 11.1. The van der Waals surface area contributed by atoms with Crippen molar-refractivity contribution >= 4 is 37.2 Å². The Bertz CT molecular complexity index is 2550. The molecule has 0 saturated carbocycles. The van der Waals surface area contributed by atoms with E-state index in [1.165, 1.54) is 8.61 Å². The number of halogens is 2. The third kappa shape index (κ3) is 16.2. The second-order valence-electron chi connectivity index (χ2n) is 17.1. The van der Waals surface area contributed by atoms with E-state index in [1.807, 2.05) is 24.3 Å². The van der Waals surface area contributed by atoms with Crippen LogP contribution in [0.1, 0.15) is 46.6 Å². The highest BCUT2D eigenvalue weighted by atomic mass is 32.2. The number of anilines is 2. The first-order valence-corrected chi connectivity index (χ1v) is 26.8. The molecule has 0 spiro atoms. The number of ketones is 1. The first-order valence-electron chi connectivity index (χ1n) is 23.5. The number of carbonyl (C=O) groups is 1. The smallest absolute Gasteiger partial charge is 0.314 e. The number of nitrogens with two attached hydrogens (primary N) is 1. The third-order valence-corrected chi connectivity index (χ3v) is 15.6. The molecule has 380 valence electrons. The van der Waals surface area contributed by atoms with Crippen molar-refractivity contribution in [3.8, 4) is 11.5 Å². The predicted octanol–water partition coefficient (Wildman–Crippen LogP) is 4.18. The largest absolute Gasteiger partial charge is 0.415 e. The number of rotatable bonds is 24. The maximum atomic E-state index is 13.5. The van der Waals surface area contributed by atoms with Crippen LogP contribution in [0.5, 0.6) is 0 Å². The summed E-state index contributed by atoms with van der Waals surface area (Å²) in [6.45, 7) is 9.96. The minimum absolute atomic E-state index is 0.0188. The summed E-state index contributed by atoms with van der Waals surface area (Å²) in [5.41, 5.74) is 9.13. The summed E-state index contributed by atoms with van der Waals surface area (Å²) in [5.74, 6) is -0.902. The van der Waals surface area contributed by atoms with Crippen molar-refractivity contribution in [1.82, 2.24) is 29.8 Å². The molecule has 5 aromatic rings. The Morgan fingerprint density at radius 3 is 1.37 bits per heavy atom. The number of alkyl halides is 2. The fraction of sp³-hybridized carbons (Fsp3) is 0.449. The van der Waals surface area contributed by atoms with Gasteiger partial charge in [0.05, 0.1) is 42.5 Å². The van der Waals surface area contributed by atoms with Crippen LogP contribution in [0.25, 0.3) is 11.5 Å². The third-order valence-electron chi connectivity index (χ3n) is 12.2. The SMILES string of the molecule is NCC(=O)c1ccc(CN(c2ccccc2)S(=O)(=O)CCN2CCN(CCCO)CC2)cc1.O=S(=O)(CCN1CCN(CCCO)CC1)N(Cc1ccc(-c2nnc(C(F)F)o2)cc1)c1ccccc1. The standard InChI is InChI=1S/C25H31F2N5O4S.C24H34N4O4S/c26-23(27)25-29-28-24(36-25)21-9-7-20(8-10-21)19-32(22-5-2-1-3-6-22)37(34,35)18-16-31-14-12-30(13-15-31)11-4-17-33;25-19-24(30)22-9-7-21(8-10-22)20-28(23-5-2-1-3-6-23)33(31,32)18-16-27-14-12-26(13-15-27)11-4-17-29/h1-3,5-10,23,33H,4,11-19H2;1-3,5-10,29H,4,11-20,25H2. The van der Waals surface area contributed by atoms with Gasteiger partial charge >= 0.3 is 6.43 Å². The van der Waals surface area contributed by atoms with Gasteiger partial charge in [0.2, 0.25) is 25.9 Å². The van der Waals surface area contributed by atoms with E-state index in [0.717, 1.165) is 89.4 Å². The minimum atomic E-state index is -3.65. The molecule has 0 atom stereocenters. The van der Waals surface area contributed by atoms with E-state index in [2.05, 4.69) is 29.8 Å². The molecule has 7 rings (SSSR count). The van der Waals surface area contributed by atoms with Gasteiger partial charge in [-0.3, -0.25) is 23.2 Å². The maximum Gasteiger partial charge on any atom is 0.314 e. The normalized spacial score (nSPS) is 15.4. The van der Waals surface area contributed by atoms with Gasteiger partial charge in [-0.05, 0) is 60.4 Å². The van der Waals surface area contributed by atoms with Gasteiger partial charge < -0.3 is 30.2 Å². The van der Waals surface area contributed by atoms with E-state index in [0.29, 0.717) is 35.6 Å². The molecule has 70 heavy (non-hydrogen) atoms. The number of aliphatic hydroxyl groups is 2. The molecule has 1 aromatic heterocycles. The Balaban J connectivity index is 0.000000231. The van der Waals surface area contributed by atoms with Crippen molar-refractivity contribution in [2.45, 2.75) is 32.4 Å². The highest BCUT2D eigenvalue weighted by Crippen LogP contribution is 2.27. The minimum Gasteiger partial charge on any atom is -0.415 e. The van der Waals surface area contributed by atoms with E-state index < -0.39 is 32.4 Å².